The molecule has 0 unspecified atom stereocenters. The second-order valence-electron chi connectivity index (χ2n) is 7.35. The minimum Gasteiger partial charge on any atom is -0.504 e. The zero-order valence-electron chi connectivity index (χ0n) is 17.6. The molecule has 0 aliphatic carbocycles. The van der Waals surface area contributed by atoms with Gasteiger partial charge >= 0.3 is 0 Å². The molecule has 2 N–H and O–H groups in total. The van der Waals surface area contributed by atoms with Gasteiger partial charge in [0.2, 0.25) is 0 Å². The Kier molecular flexibility index (Phi) is 12.2. The van der Waals surface area contributed by atoms with Crippen LogP contribution in [-0.4, -0.2) is 23.4 Å². The lowest BCUT2D eigenvalue weighted by Gasteiger charge is -2.35. The number of benzene rings is 1. The fourth-order valence-electron chi connectivity index (χ4n) is 3.22. The lowest BCUT2D eigenvalue weighted by Crippen LogP contribution is -2.34. The summed E-state index contributed by atoms with van der Waals surface area (Å²) in [5, 5.41) is 20.5. The Bertz CT molecular complexity index is 491. The second kappa shape index (κ2) is 13.8. The van der Waals surface area contributed by atoms with Gasteiger partial charge in [-0.15, -0.1) is 0 Å². The molecule has 1 aromatic carbocycles. The molecule has 0 aliphatic rings. The van der Waals surface area contributed by atoms with E-state index >= 15 is 0 Å². The average Bonchev–Trinajstić information content (AvgIpc) is 2.66. The van der Waals surface area contributed by atoms with Crippen molar-refractivity contribution in [1.82, 2.24) is 0 Å². The van der Waals surface area contributed by atoms with Crippen LogP contribution in [0.25, 0.3) is 0 Å². The number of hydrogen-bond acceptors (Lipinski definition) is 4. The van der Waals surface area contributed by atoms with Crippen LogP contribution in [0, 0.1) is 0 Å². The summed E-state index contributed by atoms with van der Waals surface area (Å²) < 4.78 is 12.5. The standard InChI is InChI=1S/C23H40O4/c1-4-7-10-11-12-13-17-23(26-18-8-5-2,27-19-9-6-3)20-15-14-16-21(24)22(20)25/h14-16,24-25H,4-13,17-19H2,1-3H3. The smallest absolute Gasteiger partial charge is 0.198 e. The predicted octanol–water partition coefficient (Wildman–Crippen LogP) is 6.63. The third kappa shape index (κ3) is 8.10. The Labute approximate surface area is 165 Å². The molecule has 0 bridgehead atoms. The van der Waals surface area contributed by atoms with Gasteiger partial charge in [-0.1, -0.05) is 71.8 Å². The first-order valence-electron chi connectivity index (χ1n) is 10.9. The number of ether oxygens (including phenoxy) is 2. The van der Waals surface area contributed by atoms with Gasteiger partial charge in [0.15, 0.2) is 17.3 Å². The molecule has 0 amide bonds. The molecule has 0 spiro atoms. The molecule has 0 atom stereocenters. The van der Waals surface area contributed by atoms with Crippen LogP contribution in [0.5, 0.6) is 11.5 Å². The van der Waals surface area contributed by atoms with Crippen LogP contribution in [-0.2, 0) is 15.3 Å². The van der Waals surface area contributed by atoms with Crippen molar-refractivity contribution in [3.63, 3.8) is 0 Å². The van der Waals surface area contributed by atoms with E-state index < -0.39 is 5.79 Å². The van der Waals surface area contributed by atoms with Crippen LogP contribution < -0.4 is 0 Å². The first kappa shape index (κ1) is 23.8. The summed E-state index contributed by atoms with van der Waals surface area (Å²) in [5.41, 5.74) is 0.545. The van der Waals surface area contributed by atoms with Crippen molar-refractivity contribution in [3.8, 4) is 11.5 Å². The lowest BCUT2D eigenvalue weighted by molar-refractivity contribution is -0.253. The number of rotatable bonds is 16. The molecule has 1 aromatic rings. The zero-order chi connectivity index (χ0) is 20.0. The summed E-state index contributed by atoms with van der Waals surface area (Å²) in [6, 6.07) is 5.04. The van der Waals surface area contributed by atoms with E-state index in [1.807, 2.05) is 6.07 Å². The lowest BCUT2D eigenvalue weighted by atomic mass is 9.96. The molecule has 0 aromatic heterocycles. The first-order chi connectivity index (χ1) is 13.1. The molecule has 0 radical (unpaired) electrons. The van der Waals surface area contributed by atoms with E-state index in [0.717, 1.165) is 38.5 Å². The van der Waals surface area contributed by atoms with Crippen LogP contribution in [0.3, 0.4) is 0 Å². The second-order valence-corrected chi connectivity index (χ2v) is 7.35. The number of phenols is 2. The van der Waals surface area contributed by atoms with Crippen molar-refractivity contribution in [2.24, 2.45) is 0 Å². The highest BCUT2D eigenvalue weighted by Crippen LogP contribution is 2.42. The summed E-state index contributed by atoms with van der Waals surface area (Å²) in [6.07, 6.45) is 11.7. The zero-order valence-corrected chi connectivity index (χ0v) is 17.6. The highest BCUT2D eigenvalue weighted by Gasteiger charge is 2.37. The van der Waals surface area contributed by atoms with E-state index in [4.69, 9.17) is 9.47 Å². The monoisotopic (exact) mass is 380 g/mol. The number of aromatic hydroxyl groups is 2. The maximum absolute atomic E-state index is 10.5. The molecule has 0 heterocycles. The Morgan fingerprint density at radius 2 is 1.30 bits per heavy atom. The van der Waals surface area contributed by atoms with Crippen LogP contribution in [0.2, 0.25) is 0 Å². The number of hydrogen-bond donors (Lipinski definition) is 2. The largest absolute Gasteiger partial charge is 0.504 e. The van der Waals surface area contributed by atoms with Gasteiger partial charge < -0.3 is 19.7 Å². The highest BCUT2D eigenvalue weighted by atomic mass is 16.7. The number of para-hydroxylation sites is 1. The Hall–Kier alpha value is -1.26. The Balaban J connectivity index is 2.97. The van der Waals surface area contributed by atoms with Crippen molar-refractivity contribution in [2.45, 2.75) is 97.2 Å². The SMILES string of the molecule is CCCCCCCCC(OCCCC)(OCCCC)c1cccc(O)c1O. The average molecular weight is 381 g/mol. The van der Waals surface area contributed by atoms with Crippen molar-refractivity contribution >= 4 is 0 Å². The van der Waals surface area contributed by atoms with E-state index in [2.05, 4.69) is 20.8 Å². The molecule has 27 heavy (non-hydrogen) atoms. The molecular weight excluding hydrogens is 340 g/mol. The van der Waals surface area contributed by atoms with Gasteiger partial charge in [-0.25, -0.2) is 0 Å². The summed E-state index contributed by atoms with van der Waals surface area (Å²) in [7, 11) is 0. The topological polar surface area (TPSA) is 58.9 Å². The Morgan fingerprint density at radius 1 is 0.741 bits per heavy atom. The predicted molar refractivity (Wildman–Crippen MR) is 111 cm³/mol. The summed E-state index contributed by atoms with van der Waals surface area (Å²) in [5.74, 6) is -1.24. The molecule has 4 heteroatoms. The molecule has 0 aliphatic heterocycles. The maximum atomic E-state index is 10.5. The summed E-state index contributed by atoms with van der Waals surface area (Å²) >= 11 is 0. The number of phenolic OH excluding ortho intramolecular Hbond substituents is 2. The number of unbranched alkanes of at least 4 members (excludes halogenated alkanes) is 7. The molecule has 0 saturated heterocycles. The van der Waals surface area contributed by atoms with E-state index in [9.17, 15) is 10.2 Å². The molecule has 156 valence electrons. The van der Waals surface area contributed by atoms with Gasteiger partial charge in [0.05, 0.1) is 18.8 Å². The van der Waals surface area contributed by atoms with E-state index in [-0.39, 0.29) is 11.5 Å². The van der Waals surface area contributed by atoms with Gasteiger partial charge in [-0.05, 0) is 31.4 Å². The van der Waals surface area contributed by atoms with Gasteiger partial charge in [-0.3, -0.25) is 0 Å². The van der Waals surface area contributed by atoms with Gasteiger partial charge in [0.25, 0.3) is 0 Å². The van der Waals surface area contributed by atoms with Crippen molar-refractivity contribution in [1.29, 1.82) is 0 Å². The molecule has 4 nitrogen and oxygen atoms in total. The van der Waals surface area contributed by atoms with Gasteiger partial charge in [0.1, 0.15) is 0 Å². The van der Waals surface area contributed by atoms with Gasteiger partial charge in [0, 0.05) is 6.42 Å². The summed E-state index contributed by atoms with van der Waals surface area (Å²) in [4.78, 5) is 0. The van der Waals surface area contributed by atoms with Crippen molar-refractivity contribution < 1.29 is 19.7 Å². The molecule has 0 fully saturated rings. The van der Waals surface area contributed by atoms with Crippen LogP contribution in [0.15, 0.2) is 18.2 Å². The Morgan fingerprint density at radius 3 is 1.89 bits per heavy atom. The van der Waals surface area contributed by atoms with Crippen LogP contribution >= 0.6 is 0 Å². The quantitative estimate of drug-likeness (QED) is 0.192. The molecule has 1 rings (SSSR count). The maximum Gasteiger partial charge on any atom is 0.198 e. The minimum absolute atomic E-state index is 0.127. The fraction of sp³-hybridized carbons (Fsp3) is 0.739. The molecular formula is C23H40O4. The van der Waals surface area contributed by atoms with Crippen LogP contribution in [0.4, 0.5) is 0 Å². The third-order valence-electron chi connectivity index (χ3n) is 4.95. The van der Waals surface area contributed by atoms with E-state index in [1.165, 1.54) is 31.7 Å². The van der Waals surface area contributed by atoms with Crippen LogP contribution in [0.1, 0.15) is 97.0 Å². The van der Waals surface area contributed by atoms with Crippen molar-refractivity contribution in [2.75, 3.05) is 13.2 Å². The third-order valence-corrected chi connectivity index (χ3v) is 4.95. The first-order valence-corrected chi connectivity index (χ1v) is 10.9. The normalized spacial score (nSPS) is 11.8. The fourth-order valence-corrected chi connectivity index (χ4v) is 3.22. The highest BCUT2D eigenvalue weighted by molar-refractivity contribution is 5.46. The van der Waals surface area contributed by atoms with Crippen molar-refractivity contribution in [3.05, 3.63) is 23.8 Å². The van der Waals surface area contributed by atoms with E-state index in [1.54, 1.807) is 6.07 Å². The van der Waals surface area contributed by atoms with E-state index in [0.29, 0.717) is 25.2 Å². The molecule has 0 saturated carbocycles. The van der Waals surface area contributed by atoms with Gasteiger partial charge in [-0.2, -0.15) is 0 Å². The summed E-state index contributed by atoms with van der Waals surface area (Å²) in [6.45, 7) is 7.63. The minimum atomic E-state index is -0.988.